The van der Waals surface area contributed by atoms with Gasteiger partial charge in [0.05, 0.1) is 24.6 Å². The summed E-state index contributed by atoms with van der Waals surface area (Å²) in [5.41, 5.74) is 0.668. The Kier molecular flexibility index (Phi) is 6.99. The van der Waals surface area contributed by atoms with E-state index in [2.05, 4.69) is 15.8 Å². The number of aromatic nitrogens is 1. The minimum absolute atomic E-state index is 0.0318. The molecule has 2 rings (SSSR count). The maximum atomic E-state index is 12.1. The number of nitrogens with one attached hydrogen (secondary N) is 2. The molecular formula is C18H29N3O4. The predicted molar refractivity (Wildman–Crippen MR) is 93.0 cm³/mol. The van der Waals surface area contributed by atoms with Crippen molar-refractivity contribution in [1.29, 1.82) is 0 Å². The van der Waals surface area contributed by atoms with Gasteiger partial charge in [-0.1, -0.05) is 12.1 Å². The van der Waals surface area contributed by atoms with E-state index in [0.29, 0.717) is 24.6 Å². The summed E-state index contributed by atoms with van der Waals surface area (Å²) in [6.07, 6.45) is 3.16. The number of nitrogens with zero attached hydrogens (tertiary/aromatic N) is 1. The Morgan fingerprint density at radius 2 is 1.96 bits per heavy atom. The minimum Gasteiger partial charge on any atom is -0.384 e. The van der Waals surface area contributed by atoms with Crippen LogP contribution in [0, 0.1) is 5.92 Å². The van der Waals surface area contributed by atoms with Crippen molar-refractivity contribution in [3.8, 4) is 0 Å². The van der Waals surface area contributed by atoms with Gasteiger partial charge in [-0.25, -0.2) is 0 Å². The van der Waals surface area contributed by atoms with Crippen molar-refractivity contribution in [2.24, 2.45) is 5.92 Å². The van der Waals surface area contributed by atoms with Gasteiger partial charge >= 0.3 is 0 Å². The van der Waals surface area contributed by atoms with Gasteiger partial charge in [0.1, 0.15) is 5.76 Å². The number of carbonyl (C=O) groups excluding carboxylic acids is 2. The molecule has 0 radical (unpaired) electrons. The van der Waals surface area contributed by atoms with E-state index in [1.807, 2.05) is 26.8 Å². The molecule has 140 valence electrons. The van der Waals surface area contributed by atoms with E-state index in [1.54, 1.807) is 7.11 Å². The summed E-state index contributed by atoms with van der Waals surface area (Å²) in [5.74, 6) is 1.06. The van der Waals surface area contributed by atoms with Crippen molar-refractivity contribution in [2.45, 2.75) is 64.5 Å². The summed E-state index contributed by atoms with van der Waals surface area (Å²) in [7, 11) is 1.58. The maximum Gasteiger partial charge on any atom is 0.226 e. The van der Waals surface area contributed by atoms with Gasteiger partial charge in [-0.3, -0.25) is 9.59 Å². The van der Waals surface area contributed by atoms with Gasteiger partial charge < -0.3 is 19.9 Å². The predicted octanol–water partition coefficient (Wildman–Crippen LogP) is 1.78. The third kappa shape index (κ3) is 6.49. The van der Waals surface area contributed by atoms with E-state index in [-0.39, 0.29) is 36.2 Å². The van der Waals surface area contributed by atoms with Gasteiger partial charge in [0, 0.05) is 31.2 Å². The molecule has 25 heavy (non-hydrogen) atoms. The SMILES string of the molecule is COCC(C)C(=O)NC(C)CC(C)NC(=O)Cc1cc(C2CC2)on1. The fourth-order valence-corrected chi connectivity index (χ4v) is 2.82. The van der Waals surface area contributed by atoms with Crippen molar-refractivity contribution in [1.82, 2.24) is 15.8 Å². The molecule has 0 saturated heterocycles. The molecule has 2 N–H and O–H groups in total. The van der Waals surface area contributed by atoms with Crippen LogP contribution in [-0.4, -0.2) is 42.8 Å². The molecule has 1 aliphatic rings. The lowest BCUT2D eigenvalue weighted by molar-refractivity contribution is -0.126. The summed E-state index contributed by atoms with van der Waals surface area (Å²) in [4.78, 5) is 24.1. The Morgan fingerprint density at radius 1 is 1.28 bits per heavy atom. The highest BCUT2D eigenvalue weighted by Crippen LogP contribution is 2.40. The van der Waals surface area contributed by atoms with Crippen molar-refractivity contribution < 1.29 is 18.8 Å². The Balaban J connectivity index is 1.69. The highest BCUT2D eigenvalue weighted by atomic mass is 16.5. The number of amides is 2. The third-order valence-electron chi connectivity index (χ3n) is 4.27. The Hall–Kier alpha value is -1.89. The monoisotopic (exact) mass is 351 g/mol. The first-order valence-corrected chi connectivity index (χ1v) is 8.93. The zero-order valence-electron chi connectivity index (χ0n) is 15.5. The number of ether oxygens (including phenoxy) is 1. The van der Waals surface area contributed by atoms with Gasteiger partial charge in [0.25, 0.3) is 0 Å². The molecule has 0 bridgehead atoms. The summed E-state index contributed by atoms with van der Waals surface area (Å²) in [6.45, 7) is 6.08. The zero-order valence-corrected chi connectivity index (χ0v) is 15.5. The molecule has 0 aromatic carbocycles. The van der Waals surface area contributed by atoms with Gasteiger partial charge in [-0.15, -0.1) is 0 Å². The lowest BCUT2D eigenvalue weighted by Gasteiger charge is -2.21. The van der Waals surface area contributed by atoms with Crippen molar-refractivity contribution in [3.05, 3.63) is 17.5 Å². The number of hydrogen-bond donors (Lipinski definition) is 2. The second kappa shape index (κ2) is 8.99. The maximum absolute atomic E-state index is 12.1. The van der Waals surface area contributed by atoms with Crippen LogP contribution in [0.3, 0.4) is 0 Å². The molecule has 1 aromatic heterocycles. The first kappa shape index (κ1) is 19.4. The molecule has 3 atom stereocenters. The van der Waals surface area contributed by atoms with Crippen LogP contribution in [-0.2, 0) is 20.7 Å². The summed E-state index contributed by atoms with van der Waals surface area (Å²) in [6, 6.07) is 1.80. The van der Waals surface area contributed by atoms with Crippen molar-refractivity contribution in [3.63, 3.8) is 0 Å². The highest BCUT2D eigenvalue weighted by Gasteiger charge is 2.28. The quantitative estimate of drug-likeness (QED) is 0.670. The topological polar surface area (TPSA) is 93.5 Å². The van der Waals surface area contributed by atoms with E-state index in [1.165, 1.54) is 0 Å². The van der Waals surface area contributed by atoms with E-state index >= 15 is 0 Å². The number of methoxy groups -OCH3 is 1. The first-order chi connectivity index (χ1) is 11.9. The molecule has 7 nitrogen and oxygen atoms in total. The number of carbonyl (C=O) groups is 2. The lowest BCUT2D eigenvalue weighted by Crippen LogP contribution is -2.43. The average molecular weight is 351 g/mol. The molecule has 0 aliphatic heterocycles. The van der Waals surface area contributed by atoms with Crippen LogP contribution in [0.25, 0.3) is 0 Å². The van der Waals surface area contributed by atoms with Crippen molar-refractivity contribution in [2.75, 3.05) is 13.7 Å². The van der Waals surface area contributed by atoms with Crippen LogP contribution in [0.4, 0.5) is 0 Å². The van der Waals surface area contributed by atoms with Crippen LogP contribution >= 0.6 is 0 Å². The fraction of sp³-hybridized carbons (Fsp3) is 0.722. The highest BCUT2D eigenvalue weighted by molar-refractivity contribution is 5.79. The van der Waals surface area contributed by atoms with Crippen molar-refractivity contribution >= 4 is 11.8 Å². The van der Waals surface area contributed by atoms with Crippen LogP contribution in [0.5, 0.6) is 0 Å². The van der Waals surface area contributed by atoms with Crippen LogP contribution in [0.15, 0.2) is 10.6 Å². The molecule has 0 spiro atoms. The van der Waals surface area contributed by atoms with E-state index in [4.69, 9.17) is 9.26 Å². The van der Waals surface area contributed by atoms with Crippen LogP contribution < -0.4 is 10.6 Å². The second-order valence-electron chi connectivity index (χ2n) is 7.14. The molecule has 1 fully saturated rings. The summed E-state index contributed by atoms with van der Waals surface area (Å²) in [5, 5.41) is 9.85. The Morgan fingerprint density at radius 3 is 2.60 bits per heavy atom. The Labute approximate surface area is 148 Å². The number of hydrogen-bond acceptors (Lipinski definition) is 5. The molecule has 1 saturated carbocycles. The first-order valence-electron chi connectivity index (χ1n) is 8.93. The van der Waals surface area contributed by atoms with Crippen LogP contribution in [0.1, 0.15) is 57.4 Å². The van der Waals surface area contributed by atoms with E-state index in [0.717, 1.165) is 18.6 Å². The standard InChI is InChI=1S/C18H29N3O4/c1-11(10-24-4)18(23)20-13(3)7-12(2)19-17(22)9-15-8-16(25-21-15)14-5-6-14/h8,11-14H,5-7,9-10H2,1-4H3,(H,19,22)(H,20,23). The van der Waals surface area contributed by atoms with E-state index in [9.17, 15) is 9.59 Å². The molecule has 2 amide bonds. The largest absolute Gasteiger partial charge is 0.384 e. The fourth-order valence-electron chi connectivity index (χ4n) is 2.82. The van der Waals surface area contributed by atoms with Gasteiger partial charge in [0.2, 0.25) is 11.8 Å². The van der Waals surface area contributed by atoms with Gasteiger partial charge in [-0.2, -0.15) is 0 Å². The van der Waals surface area contributed by atoms with Gasteiger partial charge in [0.15, 0.2) is 0 Å². The summed E-state index contributed by atoms with van der Waals surface area (Å²) >= 11 is 0. The third-order valence-corrected chi connectivity index (χ3v) is 4.27. The normalized spacial score (nSPS) is 17.6. The van der Waals surface area contributed by atoms with E-state index < -0.39 is 0 Å². The molecular weight excluding hydrogens is 322 g/mol. The second-order valence-corrected chi connectivity index (χ2v) is 7.14. The average Bonchev–Trinajstić information content (AvgIpc) is 3.27. The zero-order chi connectivity index (χ0) is 18.4. The Bertz CT molecular complexity index is 583. The molecule has 1 aliphatic carbocycles. The minimum atomic E-state index is -0.190. The molecule has 7 heteroatoms. The lowest BCUT2D eigenvalue weighted by atomic mass is 10.1. The number of rotatable bonds is 10. The molecule has 3 unspecified atom stereocenters. The molecule has 1 aromatic rings. The summed E-state index contributed by atoms with van der Waals surface area (Å²) < 4.78 is 10.2. The smallest absolute Gasteiger partial charge is 0.226 e. The van der Waals surface area contributed by atoms with Crippen LogP contribution in [0.2, 0.25) is 0 Å². The van der Waals surface area contributed by atoms with Gasteiger partial charge in [-0.05, 0) is 33.1 Å². The molecule has 1 heterocycles.